The highest BCUT2D eigenvalue weighted by Gasteiger charge is 2.25. The zero-order valence-electron chi connectivity index (χ0n) is 10.9. The fourth-order valence-corrected chi connectivity index (χ4v) is 2.79. The summed E-state index contributed by atoms with van der Waals surface area (Å²) in [6, 6.07) is 7.88. The molecule has 1 aromatic carbocycles. The lowest BCUT2D eigenvalue weighted by atomic mass is 9.91. The predicted molar refractivity (Wildman–Crippen MR) is 70.0 cm³/mol. The van der Waals surface area contributed by atoms with Crippen molar-refractivity contribution in [3.05, 3.63) is 35.4 Å². The van der Waals surface area contributed by atoms with E-state index >= 15 is 0 Å². The average molecular weight is 231 g/mol. The van der Waals surface area contributed by atoms with Crippen molar-refractivity contribution in [3.8, 4) is 0 Å². The summed E-state index contributed by atoms with van der Waals surface area (Å²) in [5, 5.41) is 0. The van der Waals surface area contributed by atoms with E-state index in [1.54, 1.807) is 0 Å². The van der Waals surface area contributed by atoms with Crippen LogP contribution in [0, 0.1) is 18.8 Å². The smallest absolute Gasteiger partial charge is 0.253 e. The number of carbonyl (C=O) groups excluding carboxylic acids is 1. The van der Waals surface area contributed by atoms with Crippen molar-refractivity contribution in [1.29, 1.82) is 0 Å². The minimum absolute atomic E-state index is 0.187. The maximum absolute atomic E-state index is 12.4. The average Bonchev–Trinajstić information content (AvgIpc) is 2.26. The number of carbonyl (C=O) groups is 1. The van der Waals surface area contributed by atoms with Crippen molar-refractivity contribution in [2.24, 2.45) is 11.8 Å². The highest BCUT2D eigenvalue weighted by Crippen LogP contribution is 2.22. The molecular weight excluding hydrogens is 210 g/mol. The third-order valence-electron chi connectivity index (χ3n) is 3.42. The van der Waals surface area contributed by atoms with E-state index in [4.69, 9.17) is 0 Å². The van der Waals surface area contributed by atoms with Gasteiger partial charge in [0.2, 0.25) is 0 Å². The van der Waals surface area contributed by atoms with E-state index in [2.05, 4.69) is 13.8 Å². The normalized spacial score (nSPS) is 24.8. The molecule has 1 aliphatic heterocycles. The number of hydrogen-bond acceptors (Lipinski definition) is 1. The third-order valence-corrected chi connectivity index (χ3v) is 3.42. The summed E-state index contributed by atoms with van der Waals surface area (Å²) < 4.78 is 0. The van der Waals surface area contributed by atoms with Crippen LogP contribution in [0.1, 0.15) is 36.2 Å². The molecule has 0 unspecified atom stereocenters. The highest BCUT2D eigenvalue weighted by atomic mass is 16.2. The van der Waals surface area contributed by atoms with Crippen LogP contribution in [0.4, 0.5) is 0 Å². The van der Waals surface area contributed by atoms with Gasteiger partial charge in [-0.2, -0.15) is 0 Å². The molecular formula is C15H21NO. The first-order valence-electron chi connectivity index (χ1n) is 6.42. The summed E-state index contributed by atoms with van der Waals surface area (Å²) in [5.41, 5.74) is 1.97. The second-order valence-corrected chi connectivity index (χ2v) is 5.53. The molecule has 0 N–H and O–H groups in total. The van der Waals surface area contributed by atoms with E-state index in [-0.39, 0.29) is 5.91 Å². The molecule has 1 amide bonds. The van der Waals surface area contributed by atoms with Crippen LogP contribution in [0.15, 0.2) is 24.3 Å². The molecule has 1 aliphatic rings. The van der Waals surface area contributed by atoms with Crippen molar-refractivity contribution < 1.29 is 4.79 Å². The van der Waals surface area contributed by atoms with Gasteiger partial charge in [0.05, 0.1) is 0 Å². The molecule has 1 saturated heterocycles. The lowest BCUT2D eigenvalue weighted by Gasteiger charge is -2.35. The molecule has 2 rings (SSSR count). The Morgan fingerprint density at radius 2 is 1.88 bits per heavy atom. The number of benzene rings is 1. The first-order valence-corrected chi connectivity index (χ1v) is 6.42. The van der Waals surface area contributed by atoms with Crippen molar-refractivity contribution in [3.63, 3.8) is 0 Å². The number of likely N-dealkylation sites (tertiary alicyclic amines) is 1. The number of piperidine rings is 1. The van der Waals surface area contributed by atoms with Gasteiger partial charge >= 0.3 is 0 Å². The number of nitrogens with zero attached hydrogens (tertiary/aromatic N) is 1. The molecule has 0 aromatic heterocycles. The van der Waals surface area contributed by atoms with Crippen molar-refractivity contribution in [2.45, 2.75) is 27.2 Å². The van der Waals surface area contributed by atoms with Gasteiger partial charge in [-0.1, -0.05) is 31.5 Å². The second-order valence-electron chi connectivity index (χ2n) is 5.53. The Hall–Kier alpha value is -1.31. The van der Waals surface area contributed by atoms with Crippen LogP contribution in [0.2, 0.25) is 0 Å². The lowest BCUT2D eigenvalue weighted by Crippen LogP contribution is -2.42. The molecule has 0 radical (unpaired) electrons. The summed E-state index contributed by atoms with van der Waals surface area (Å²) in [4.78, 5) is 14.4. The summed E-state index contributed by atoms with van der Waals surface area (Å²) in [6.07, 6.45) is 1.23. The van der Waals surface area contributed by atoms with Crippen LogP contribution in [0.5, 0.6) is 0 Å². The molecule has 2 nitrogen and oxygen atoms in total. The molecule has 92 valence electrons. The maximum atomic E-state index is 12.4. The minimum atomic E-state index is 0.187. The Labute approximate surface area is 104 Å². The number of aryl methyl sites for hydroxylation is 1. The molecule has 0 spiro atoms. The molecule has 1 heterocycles. The van der Waals surface area contributed by atoms with Gasteiger partial charge in [-0.05, 0) is 37.3 Å². The molecule has 17 heavy (non-hydrogen) atoms. The van der Waals surface area contributed by atoms with Gasteiger partial charge in [0.1, 0.15) is 0 Å². The lowest BCUT2D eigenvalue weighted by molar-refractivity contribution is 0.0623. The number of amides is 1. The topological polar surface area (TPSA) is 20.3 Å². The van der Waals surface area contributed by atoms with E-state index in [9.17, 15) is 4.79 Å². The first-order chi connectivity index (χ1) is 8.06. The third kappa shape index (κ3) is 2.87. The van der Waals surface area contributed by atoms with Gasteiger partial charge in [-0.3, -0.25) is 4.79 Å². The predicted octanol–water partition coefficient (Wildman–Crippen LogP) is 3.11. The molecule has 1 aromatic rings. The fraction of sp³-hybridized carbons (Fsp3) is 0.533. The summed E-state index contributed by atoms with van der Waals surface area (Å²) >= 11 is 0. The van der Waals surface area contributed by atoms with Gasteiger partial charge in [0.15, 0.2) is 0 Å². The van der Waals surface area contributed by atoms with Crippen LogP contribution < -0.4 is 0 Å². The van der Waals surface area contributed by atoms with Gasteiger partial charge in [0, 0.05) is 18.7 Å². The Morgan fingerprint density at radius 1 is 1.24 bits per heavy atom. The van der Waals surface area contributed by atoms with E-state index in [1.165, 1.54) is 6.42 Å². The zero-order valence-corrected chi connectivity index (χ0v) is 10.9. The number of rotatable bonds is 1. The maximum Gasteiger partial charge on any atom is 0.253 e. The van der Waals surface area contributed by atoms with Crippen molar-refractivity contribution in [2.75, 3.05) is 13.1 Å². The Kier molecular flexibility index (Phi) is 3.51. The van der Waals surface area contributed by atoms with Crippen molar-refractivity contribution >= 4 is 5.91 Å². The second kappa shape index (κ2) is 4.91. The van der Waals surface area contributed by atoms with E-state index < -0.39 is 0 Å². The van der Waals surface area contributed by atoms with Crippen LogP contribution >= 0.6 is 0 Å². The van der Waals surface area contributed by atoms with Crippen molar-refractivity contribution in [1.82, 2.24) is 4.90 Å². The van der Waals surface area contributed by atoms with E-state index in [0.29, 0.717) is 11.8 Å². The van der Waals surface area contributed by atoms with Gasteiger partial charge < -0.3 is 4.90 Å². The first kappa shape index (κ1) is 12.2. The standard InChI is InChI=1S/C15H21NO/c1-11-5-4-6-14(8-11)15(17)16-9-12(2)7-13(3)10-16/h4-6,8,12-13H,7,9-10H2,1-3H3/t12-,13-/m1/s1. The molecule has 1 fully saturated rings. The van der Waals surface area contributed by atoms with E-state index in [1.807, 2.05) is 36.1 Å². The van der Waals surface area contributed by atoms with E-state index in [0.717, 1.165) is 24.2 Å². The van der Waals surface area contributed by atoms with Crippen LogP contribution in [-0.4, -0.2) is 23.9 Å². The zero-order chi connectivity index (χ0) is 12.4. The largest absolute Gasteiger partial charge is 0.338 e. The molecule has 0 aliphatic carbocycles. The Morgan fingerprint density at radius 3 is 2.47 bits per heavy atom. The molecule has 0 bridgehead atoms. The van der Waals surface area contributed by atoms with Crippen LogP contribution in [-0.2, 0) is 0 Å². The molecule has 2 atom stereocenters. The summed E-state index contributed by atoms with van der Waals surface area (Å²) in [5.74, 6) is 1.42. The highest BCUT2D eigenvalue weighted by molar-refractivity contribution is 5.94. The molecule has 2 heteroatoms. The fourth-order valence-electron chi connectivity index (χ4n) is 2.79. The van der Waals surface area contributed by atoms with Crippen LogP contribution in [0.25, 0.3) is 0 Å². The van der Waals surface area contributed by atoms with Gasteiger partial charge in [-0.25, -0.2) is 0 Å². The molecule has 0 saturated carbocycles. The minimum Gasteiger partial charge on any atom is -0.338 e. The van der Waals surface area contributed by atoms with Crippen LogP contribution in [0.3, 0.4) is 0 Å². The monoisotopic (exact) mass is 231 g/mol. The SMILES string of the molecule is Cc1cccc(C(=O)N2C[C@H](C)C[C@@H](C)C2)c1. The van der Waals surface area contributed by atoms with Gasteiger partial charge in [0.25, 0.3) is 5.91 Å². The Balaban J connectivity index is 2.14. The summed E-state index contributed by atoms with van der Waals surface area (Å²) in [6.45, 7) is 8.28. The summed E-state index contributed by atoms with van der Waals surface area (Å²) in [7, 11) is 0. The quantitative estimate of drug-likeness (QED) is 0.727. The van der Waals surface area contributed by atoms with Gasteiger partial charge in [-0.15, -0.1) is 0 Å². The number of hydrogen-bond donors (Lipinski definition) is 0. The Bertz CT molecular complexity index is 403.